The maximum Gasteiger partial charge on any atom is 0.136 e. The molecule has 0 aliphatic carbocycles. The Bertz CT molecular complexity index is 576. The predicted molar refractivity (Wildman–Crippen MR) is 72.9 cm³/mol. The Morgan fingerprint density at radius 2 is 2.00 bits per heavy atom. The van der Waals surface area contributed by atoms with Crippen LogP contribution in [0.15, 0.2) is 18.3 Å². The third kappa shape index (κ3) is 2.31. The molecule has 0 radical (unpaired) electrons. The van der Waals surface area contributed by atoms with Crippen LogP contribution in [0.1, 0.15) is 30.5 Å². The van der Waals surface area contributed by atoms with Crippen molar-refractivity contribution in [3.8, 4) is 5.75 Å². The Balaban J connectivity index is 2.76. The van der Waals surface area contributed by atoms with Gasteiger partial charge in [0.25, 0.3) is 0 Å². The molecule has 0 saturated carbocycles. The molecule has 3 heteroatoms. The van der Waals surface area contributed by atoms with Crippen molar-refractivity contribution in [2.75, 3.05) is 0 Å². The number of hydrogen-bond donors (Lipinski definition) is 1. The van der Waals surface area contributed by atoms with Gasteiger partial charge in [0, 0.05) is 17.1 Å². The molecule has 0 fully saturated rings. The molecule has 2 rings (SSSR count). The molecule has 1 aromatic carbocycles. The number of hydrogen-bond acceptors (Lipinski definition) is 3. The molecule has 1 aromatic heterocycles. The molecule has 3 nitrogen and oxygen atoms in total. The van der Waals surface area contributed by atoms with Crippen molar-refractivity contribution in [1.82, 2.24) is 4.98 Å². The Morgan fingerprint density at radius 3 is 2.61 bits per heavy atom. The lowest BCUT2D eigenvalue weighted by atomic mass is 10.0. The van der Waals surface area contributed by atoms with Crippen LogP contribution < -0.4 is 4.74 Å². The average Bonchev–Trinajstić information content (AvgIpc) is 2.27. The molecule has 0 unspecified atom stereocenters. The Labute approximate surface area is 107 Å². The summed E-state index contributed by atoms with van der Waals surface area (Å²) < 4.78 is 5.87. The van der Waals surface area contributed by atoms with Crippen molar-refractivity contribution in [3.63, 3.8) is 0 Å². The minimum Gasteiger partial charge on any atom is -0.490 e. The molecule has 0 bridgehead atoms. The minimum absolute atomic E-state index is 0.0572. The summed E-state index contributed by atoms with van der Waals surface area (Å²) in [5.74, 6) is 0.759. The maximum absolute atomic E-state index is 9.42. The van der Waals surface area contributed by atoms with E-state index in [0.717, 1.165) is 27.8 Å². The maximum atomic E-state index is 9.42. The zero-order chi connectivity index (χ0) is 13.3. The third-order valence-corrected chi connectivity index (χ3v) is 2.86. The van der Waals surface area contributed by atoms with Gasteiger partial charge in [-0.05, 0) is 44.9 Å². The van der Waals surface area contributed by atoms with Crippen LogP contribution in [0, 0.1) is 13.8 Å². The number of aromatic nitrogens is 1. The van der Waals surface area contributed by atoms with Crippen LogP contribution in [0.4, 0.5) is 0 Å². The normalized spacial score (nSPS) is 11.2. The molecule has 0 atom stereocenters. The lowest BCUT2D eigenvalue weighted by Gasteiger charge is -2.17. The van der Waals surface area contributed by atoms with Crippen molar-refractivity contribution < 1.29 is 9.84 Å². The summed E-state index contributed by atoms with van der Waals surface area (Å²) in [6, 6.07) is 4.15. The molecule has 1 N–H and O–H groups in total. The smallest absolute Gasteiger partial charge is 0.136 e. The predicted octanol–water partition coefficient (Wildman–Crippen LogP) is 3.13. The van der Waals surface area contributed by atoms with E-state index in [1.165, 1.54) is 5.56 Å². The number of aryl methyl sites for hydroxylation is 2. The zero-order valence-corrected chi connectivity index (χ0v) is 11.3. The van der Waals surface area contributed by atoms with E-state index in [0.29, 0.717) is 0 Å². The van der Waals surface area contributed by atoms with Gasteiger partial charge in [0.1, 0.15) is 5.75 Å². The fraction of sp³-hybridized carbons (Fsp3) is 0.400. The summed E-state index contributed by atoms with van der Waals surface area (Å²) in [6.45, 7) is 8.01. The average molecular weight is 245 g/mol. The van der Waals surface area contributed by atoms with Crippen molar-refractivity contribution in [2.45, 2.75) is 40.4 Å². The van der Waals surface area contributed by atoms with Crippen LogP contribution in [0.25, 0.3) is 10.9 Å². The number of fused-ring (bicyclic) bond motifs is 1. The first-order valence-electron chi connectivity index (χ1n) is 6.19. The second-order valence-corrected chi connectivity index (χ2v) is 4.91. The SMILES string of the molecule is Cc1cc(C)c2c(OC(C)C)c(CO)cnc2c1. The van der Waals surface area contributed by atoms with Crippen molar-refractivity contribution in [1.29, 1.82) is 0 Å². The number of nitrogens with zero attached hydrogens (tertiary/aromatic N) is 1. The van der Waals surface area contributed by atoms with Crippen molar-refractivity contribution >= 4 is 10.9 Å². The van der Waals surface area contributed by atoms with Gasteiger partial charge in [-0.1, -0.05) is 6.07 Å². The van der Waals surface area contributed by atoms with Crippen LogP contribution in [0.5, 0.6) is 5.75 Å². The van der Waals surface area contributed by atoms with Gasteiger partial charge in [-0.15, -0.1) is 0 Å². The first kappa shape index (κ1) is 12.8. The molecular formula is C15H19NO2. The van der Waals surface area contributed by atoms with Crippen molar-refractivity contribution in [3.05, 3.63) is 35.0 Å². The van der Waals surface area contributed by atoms with Gasteiger partial charge in [-0.25, -0.2) is 0 Å². The molecular weight excluding hydrogens is 226 g/mol. The second kappa shape index (κ2) is 4.94. The summed E-state index contributed by atoms with van der Waals surface area (Å²) in [4.78, 5) is 4.40. The lowest BCUT2D eigenvalue weighted by molar-refractivity contribution is 0.228. The Morgan fingerprint density at radius 1 is 1.28 bits per heavy atom. The minimum atomic E-state index is -0.0572. The summed E-state index contributed by atoms with van der Waals surface area (Å²) in [6.07, 6.45) is 1.76. The van der Waals surface area contributed by atoms with Crippen LogP contribution in [-0.4, -0.2) is 16.2 Å². The molecule has 18 heavy (non-hydrogen) atoms. The number of aliphatic hydroxyl groups excluding tert-OH is 1. The van der Waals surface area contributed by atoms with Gasteiger partial charge >= 0.3 is 0 Å². The van der Waals surface area contributed by atoms with E-state index in [2.05, 4.69) is 18.0 Å². The topological polar surface area (TPSA) is 42.4 Å². The summed E-state index contributed by atoms with van der Waals surface area (Å²) in [5.41, 5.74) is 3.96. The van der Waals surface area contributed by atoms with Gasteiger partial charge in [0.05, 0.1) is 18.2 Å². The number of aliphatic hydroxyl groups is 1. The highest BCUT2D eigenvalue weighted by atomic mass is 16.5. The fourth-order valence-corrected chi connectivity index (χ4v) is 2.19. The summed E-state index contributed by atoms with van der Waals surface area (Å²) >= 11 is 0. The third-order valence-electron chi connectivity index (χ3n) is 2.86. The van der Waals surface area contributed by atoms with E-state index in [4.69, 9.17) is 4.74 Å². The Hall–Kier alpha value is -1.61. The first-order chi connectivity index (χ1) is 8.52. The largest absolute Gasteiger partial charge is 0.490 e. The van der Waals surface area contributed by atoms with Gasteiger partial charge in [-0.2, -0.15) is 0 Å². The Kier molecular flexibility index (Phi) is 3.53. The van der Waals surface area contributed by atoms with E-state index in [-0.39, 0.29) is 12.7 Å². The molecule has 0 saturated heterocycles. The van der Waals surface area contributed by atoms with E-state index >= 15 is 0 Å². The monoisotopic (exact) mass is 245 g/mol. The zero-order valence-electron chi connectivity index (χ0n) is 11.3. The van der Waals surface area contributed by atoms with Crippen LogP contribution >= 0.6 is 0 Å². The fourth-order valence-electron chi connectivity index (χ4n) is 2.19. The van der Waals surface area contributed by atoms with Crippen LogP contribution in [0.2, 0.25) is 0 Å². The molecule has 0 aliphatic rings. The van der Waals surface area contributed by atoms with Crippen LogP contribution in [0.3, 0.4) is 0 Å². The van der Waals surface area contributed by atoms with Gasteiger partial charge < -0.3 is 9.84 Å². The van der Waals surface area contributed by atoms with Crippen molar-refractivity contribution in [2.24, 2.45) is 0 Å². The van der Waals surface area contributed by atoms with E-state index in [9.17, 15) is 5.11 Å². The van der Waals surface area contributed by atoms with E-state index in [1.807, 2.05) is 26.8 Å². The summed E-state index contributed by atoms with van der Waals surface area (Å²) in [7, 11) is 0. The number of ether oxygens (including phenoxy) is 1. The van der Waals surface area contributed by atoms with E-state index < -0.39 is 0 Å². The lowest BCUT2D eigenvalue weighted by Crippen LogP contribution is -2.09. The van der Waals surface area contributed by atoms with Gasteiger partial charge in [0.2, 0.25) is 0 Å². The number of rotatable bonds is 3. The second-order valence-electron chi connectivity index (χ2n) is 4.91. The highest BCUT2D eigenvalue weighted by molar-refractivity contribution is 5.89. The van der Waals surface area contributed by atoms with Gasteiger partial charge in [-0.3, -0.25) is 4.98 Å². The first-order valence-corrected chi connectivity index (χ1v) is 6.19. The molecule has 0 amide bonds. The quantitative estimate of drug-likeness (QED) is 0.903. The number of benzene rings is 1. The summed E-state index contributed by atoms with van der Waals surface area (Å²) in [5, 5.41) is 10.4. The molecule has 0 aliphatic heterocycles. The molecule has 1 heterocycles. The molecule has 2 aromatic rings. The van der Waals surface area contributed by atoms with Crippen LogP contribution in [-0.2, 0) is 6.61 Å². The van der Waals surface area contributed by atoms with E-state index in [1.54, 1.807) is 6.20 Å². The number of pyridine rings is 1. The standard InChI is InChI=1S/C15H19NO2/c1-9(2)18-15-12(8-17)7-16-13-6-10(3)5-11(4)14(13)15/h5-7,9,17H,8H2,1-4H3. The van der Waals surface area contributed by atoms with Gasteiger partial charge in [0.15, 0.2) is 0 Å². The highest BCUT2D eigenvalue weighted by Crippen LogP contribution is 2.32. The molecule has 96 valence electrons. The highest BCUT2D eigenvalue weighted by Gasteiger charge is 2.13. The molecule has 0 spiro atoms.